The highest BCUT2D eigenvalue weighted by Crippen LogP contribution is 2.36. The predicted octanol–water partition coefficient (Wildman–Crippen LogP) is 3.48. The lowest BCUT2D eigenvalue weighted by atomic mass is 9.98. The summed E-state index contributed by atoms with van der Waals surface area (Å²) in [5.74, 6) is 0.149. The van der Waals surface area contributed by atoms with Gasteiger partial charge in [0.2, 0.25) is 5.01 Å². The summed E-state index contributed by atoms with van der Waals surface area (Å²) in [5, 5.41) is 1.57. The highest BCUT2D eigenvalue weighted by atomic mass is 79.9. The first-order chi connectivity index (χ1) is 9.22. The Kier molecular flexibility index (Phi) is 3.03. The average molecular weight is 319 g/mol. The van der Waals surface area contributed by atoms with Crippen molar-refractivity contribution in [1.82, 2.24) is 0 Å². The van der Waals surface area contributed by atoms with E-state index in [-0.39, 0.29) is 5.97 Å². The number of rotatable bonds is 2. The number of esters is 1. The Balaban J connectivity index is 2.30. The molecule has 0 saturated carbocycles. The summed E-state index contributed by atoms with van der Waals surface area (Å²) in [5.41, 5.74) is 1.32. The number of carbonyl (C=O) groups is 1. The molecule has 1 aliphatic heterocycles. The Morgan fingerprint density at radius 3 is 2.68 bits per heavy atom. The molecule has 19 heavy (non-hydrogen) atoms. The SMILES string of the molecule is COC1=C(c2cccc3ccccc23)C(=O)OC1Br. The van der Waals surface area contributed by atoms with E-state index in [9.17, 15) is 4.79 Å². The van der Waals surface area contributed by atoms with Gasteiger partial charge in [0.15, 0.2) is 5.76 Å². The van der Waals surface area contributed by atoms with Crippen molar-refractivity contribution in [3.8, 4) is 0 Å². The van der Waals surface area contributed by atoms with Gasteiger partial charge in [0.05, 0.1) is 7.11 Å². The van der Waals surface area contributed by atoms with Crippen LogP contribution in [0.4, 0.5) is 0 Å². The number of benzene rings is 2. The van der Waals surface area contributed by atoms with Crippen LogP contribution >= 0.6 is 15.9 Å². The van der Waals surface area contributed by atoms with E-state index in [2.05, 4.69) is 15.9 Å². The first-order valence-electron chi connectivity index (χ1n) is 5.83. The van der Waals surface area contributed by atoms with Gasteiger partial charge in [-0.05, 0) is 26.7 Å². The summed E-state index contributed by atoms with van der Waals surface area (Å²) in [4.78, 5) is 12.0. The van der Waals surface area contributed by atoms with E-state index in [4.69, 9.17) is 9.47 Å². The predicted molar refractivity (Wildman–Crippen MR) is 76.7 cm³/mol. The molecule has 1 aliphatic rings. The number of methoxy groups -OCH3 is 1. The largest absolute Gasteiger partial charge is 0.495 e. The number of carbonyl (C=O) groups excluding carboxylic acids is 1. The smallest absolute Gasteiger partial charge is 0.343 e. The zero-order valence-corrected chi connectivity index (χ0v) is 11.8. The molecule has 0 aliphatic carbocycles. The molecular formula is C15H11BrO3. The van der Waals surface area contributed by atoms with Gasteiger partial charge in [-0.1, -0.05) is 42.5 Å². The second-order valence-electron chi connectivity index (χ2n) is 4.19. The van der Waals surface area contributed by atoms with Crippen LogP contribution in [0.25, 0.3) is 16.3 Å². The molecule has 0 amide bonds. The van der Waals surface area contributed by atoms with Crippen LogP contribution in [-0.2, 0) is 14.3 Å². The van der Waals surface area contributed by atoms with Crippen LogP contribution in [0.3, 0.4) is 0 Å². The van der Waals surface area contributed by atoms with Gasteiger partial charge >= 0.3 is 5.97 Å². The molecular weight excluding hydrogens is 308 g/mol. The van der Waals surface area contributed by atoms with Gasteiger partial charge in [0.25, 0.3) is 0 Å². The minimum atomic E-state index is -0.515. The molecule has 4 heteroatoms. The molecule has 0 fully saturated rings. The summed E-state index contributed by atoms with van der Waals surface area (Å²) in [6, 6.07) is 13.8. The molecule has 3 nitrogen and oxygen atoms in total. The van der Waals surface area contributed by atoms with Crippen molar-refractivity contribution in [3.05, 3.63) is 53.8 Å². The molecule has 1 heterocycles. The summed E-state index contributed by atoms with van der Waals surface area (Å²) in [6.45, 7) is 0. The molecule has 3 rings (SSSR count). The monoisotopic (exact) mass is 318 g/mol. The Hall–Kier alpha value is -1.81. The number of alkyl halides is 1. The molecule has 2 aromatic carbocycles. The van der Waals surface area contributed by atoms with Crippen molar-refractivity contribution in [3.63, 3.8) is 0 Å². The van der Waals surface area contributed by atoms with Gasteiger partial charge in [-0.2, -0.15) is 0 Å². The Morgan fingerprint density at radius 1 is 1.16 bits per heavy atom. The van der Waals surface area contributed by atoms with Crippen molar-refractivity contribution < 1.29 is 14.3 Å². The van der Waals surface area contributed by atoms with Crippen LogP contribution in [0.15, 0.2) is 48.2 Å². The molecule has 0 saturated heterocycles. The van der Waals surface area contributed by atoms with Crippen LogP contribution in [0, 0.1) is 0 Å². The summed E-state index contributed by atoms with van der Waals surface area (Å²) in [6.07, 6.45) is 0. The highest BCUT2D eigenvalue weighted by molar-refractivity contribution is 9.09. The first kappa shape index (κ1) is 12.2. The van der Waals surface area contributed by atoms with Crippen molar-refractivity contribution in [1.29, 1.82) is 0 Å². The van der Waals surface area contributed by atoms with E-state index >= 15 is 0 Å². The molecule has 0 spiro atoms. The average Bonchev–Trinajstić information content (AvgIpc) is 2.72. The van der Waals surface area contributed by atoms with Crippen molar-refractivity contribution in [2.45, 2.75) is 5.01 Å². The number of hydrogen-bond donors (Lipinski definition) is 0. The second kappa shape index (κ2) is 4.70. The third-order valence-electron chi connectivity index (χ3n) is 3.15. The van der Waals surface area contributed by atoms with E-state index < -0.39 is 5.01 Å². The summed E-state index contributed by atoms with van der Waals surface area (Å²) < 4.78 is 10.5. The maximum atomic E-state index is 12.0. The van der Waals surface area contributed by atoms with Gasteiger partial charge in [-0.25, -0.2) is 4.79 Å². The number of halogens is 1. The Labute approximate surface area is 118 Å². The van der Waals surface area contributed by atoms with Gasteiger partial charge < -0.3 is 9.47 Å². The summed E-state index contributed by atoms with van der Waals surface area (Å²) in [7, 11) is 1.54. The highest BCUT2D eigenvalue weighted by Gasteiger charge is 2.35. The first-order valence-corrected chi connectivity index (χ1v) is 6.75. The third-order valence-corrected chi connectivity index (χ3v) is 3.75. The van der Waals surface area contributed by atoms with Crippen molar-refractivity contribution in [2.24, 2.45) is 0 Å². The zero-order valence-electron chi connectivity index (χ0n) is 10.2. The minimum Gasteiger partial charge on any atom is -0.495 e. The normalized spacial score (nSPS) is 18.8. The number of fused-ring (bicyclic) bond motifs is 1. The Bertz CT molecular complexity index is 685. The maximum Gasteiger partial charge on any atom is 0.343 e. The van der Waals surface area contributed by atoms with Gasteiger partial charge in [0.1, 0.15) is 5.57 Å². The summed E-state index contributed by atoms with van der Waals surface area (Å²) >= 11 is 3.28. The van der Waals surface area contributed by atoms with Crippen LogP contribution < -0.4 is 0 Å². The van der Waals surface area contributed by atoms with Crippen LogP contribution in [0.5, 0.6) is 0 Å². The Morgan fingerprint density at radius 2 is 1.89 bits per heavy atom. The van der Waals surface area contributed by atoms with Gasteiger partial charge in [-0.15, -0.1) is 0 Å². The molecule has 0 N–H and O–H groups in total. The van der Waals surface area contributed by atoms with Crippen molar-refractivity contribution in [2.75, 3.05) is 7.11 Å². The van der Waals surface area contributed by atoms with E-state index in [1.807, 2.05) is 42.5 Å². The maximum absolute atomic E-state index is 12.0. The van der Waals surface area contributed by atoms with E-state index in [1.54, 1.807) is 0 Å². The van der Waals surface area contributed by atoms with E-state index in [0.717, 1.165) is 16.3 Å². The number of hydrogen-bond acceptors (Lipinski definition) is 3. The standard InChI is InChI=1S/C15H11BrO3/c1-18-13-12(15(17)19-14(13)16)11-8-4-6-9-5-2-3-7-10(9)11/h2-8,14H,1H3. The zero-order chi connectivity index (χ0) is 13.4. The lowest BCUT2D eigenvalue weighted by molar-refractivity contribution is -0.135. The molecule has 0 aromatic heterocycles. The molecule has 1 atom stereocenters. The van der Waals surface area contributed by atoms with Gasteiger partial charge in [0, 0.05) is 5.56 Å². The molecule has 1 unspecified atom stereocenters. The second-order valence-corrected chi connectivity index (χ2v) is 5.02. The molecule has 0 radical (unpaired) electrons. The number of cyclic esters (lactones) is 1. The lowest BCUT2D eigenvalue weighted by Crippen LogP contribution is -2.03. The van der Waals surface area contributed by atoms with Crippen LogP contribution in [-0.4, -0.2) is 18.1 Å². The fourth-order valence-corrected chi connectivity index (χ4v) is 2.89. The quantitative estimate of drug-likeness (QED) is 0.628. The molecule has 2 aromatic rings. The van der Waals surface area contributed by atoms with Crippen molar-refractivity contribution >= 4 is 38.2 Å². The van der Waals surface area contributed by atoms with Crippen LogP contribution in [0.1, 0.15) is 5.56 Å². The lowest BCUT2D eigenvalue weighted by Gasteiger charge is -2.07. The van der Waals surface area contributed by atoms with Crippen LogP contribution in [0.2, 0.25) is 0 Å². The molecule has 0 bridgehead atoms. The fraction of sp³-hybridized carbons (Fsp3) is 0.133. The topological polar surface area (TPSA) is 35.5 Å². The fourth-order valence-electron chi connectivity index (χ4n) is 2.30. The van der Waals surface area contributed by atoms with E-state index in [1.165, 1.54) is 7.11 Å². The third kappa shape index (κ3) is 1.92. The van der Waals surface area contributed by atoms with Gasteiger partial charge in [-0.3, -0.25) is 0 Å². The number of ether oxygens (including phenoxy) is 2. The minimum absolute atomic E-state index is 0.366. The molecule has 96 valence electrons. The van der Waals surface area contributed by atoms with E-state index in [0.29, 0.717) is 11.3 Å².